The molecule has 3 heterocycles. The molecule has 6 nitrogen and oxygen atoms in total. The highest BCUT2D eigenvalue weighted by molar-refractivity contribution is 5.96. The van der Waals surface area contributed by atoms with E-state index in [0.29, 0.717) is 40.7 Å². The highest BCUT2D eigenvalue weighted by atomic mass is 19.4. The molecule has 1 fully saturated rings. The summed E-state index contributed by atoms with van der Waals surface area (Å²) in [6, 6.07) is 5.92. The van der Waals surface area contributed by atoms with Gasteiger partial charge in [-0.1, -0.05) is 6.92 Å². The van der Waals surface area contributed by atoms with Gasteiger partial charge in [-0.05, 0) is 44.1 Å². The molecule has 9 heteroatoms. The number of halogens is 3. The number of anilines is 1. The largest absolute Gasteiger partial charge is 0.416 e. The number of nitriles is 1. The maximum atomic E-state index is 13.2. The van der Waals surface area contributed by atoms with Crippen LogP contribution < -0.4 is 5.32 Å². The maximum Gasteiger partial charge on any atom is 0.416 e. The molecule has 1 aliphatic rings. The number of likely N-dealkylation sites (N-methyl/N-ethyl adjacent to an activating group) is 1. The molecule has 156 valence electrons. The van der Waals surface area contributed by atoms with Gasteiger partial charge in [-0.2, -0.15) is 18.4 Å². The minimum absolute atomic E-state index is 0.204. The molecule has 1 aliphatic heterocycles. The van der Waals surface area contributed by atoms with Gasteiger partial charge in [0.2, 0.25) is 5.95 Å². The topological polar surface area (TPSA) is 80.6 Å². The van der Waals surface area contributed by atoms with Gasteiger partial charge in [-0.25, -0.2) is 9.97 Å². The molecule has 2 N–H and O–H groups in total. The monoisotopic (exact) mass is 414 g/mol. The first-order chi connectivity index (χ1) is 14.4. The zero-order valence-electron chi connectivity index (χ0n) is 16.4. The number of fused-ring (bicyclic) bond motifs is 1. The Morgan fingerprint density at radius 1 is 1.37 bits per heavy atom. The van der Waals surface area contributed by atoms with Gasteiger partial charge < -0.3 is 10.3 Å². The number of aromatic nitrogens is 3. The molecule has 0 aliphatic carbocycles. The Kier molecular flexibility index (Phi) is 5.35. The quantitative estimate of drug-likeness (QED) is 0.646. The fourth-order valence-electron chi connectivity index (χ4n) is 4.00. The van der Waals surface area contributed by atoms with Gasteiger partial charge in [-0.3, -0.25) is 4.90 Å². The molecule has 0 radical (unpaired) electrons. The van der Waals surface area contributed by atoms with Crippen LogP contribution >= 0.6 is 0 Å². The summed E-state index contributed by atoms with van der Waals surface area (Å²) >= 11 is 0. The van der Waals surface area contributed by atoms with Crippen LogP contribution in [0.15, 0.2) is 30.6 Å². The van der Waals surface area contributed by atoms with Crippen molar-refractivity contribution < 1.29 is 13.2 Å². The summed E-state index contributed by atoms with van der Waals surface area (Å²) in [5.41, 5.74) is 0.741. The summed E-state index contributed by atoms with van der Waals surface area (Å²) in [7, 11) is 0. The minimum atomic E-state index is -4.45. The van der Waals surface area contributed by atoms with Gasteiger partial charge in [0, 0.05) is 35.2 Å². The molecule has 3 aromatic rings. The lowest BCUT2D eigenvalue weighted by atomic mass is 10.0. The summed E-state index contributed by atoms with van der Waals surface area (Å²) in [6.07, 6.45) is 0.770. The number of hydrogen-bond acceptors (Lipinski definition) is 5. The van der Waals surface area contributed by atoms with Gasteiger partial charge in [0.25, 0.3) is 0 Å². The van der Waals surface area contributed by atoms with Crippen LogP contribution in [0.5, 0.6) is 0 Å². The number of aromatic amines is 1. The molecule has 1 atom stereocenters. The lowest BCUT2D eigenvalue weighted by Crippen LogP contribution is -2.34. The number of alkyl halides is 3. The second kappa shape index (κ2) is 7.95. The van der Waals surface area contributed by atoms with E-state index in [1.54, 1.807) is 6.20 Å². The molecular weight excluding hydrogens is 393 g/mol. The summed E-state index contributed by atoms with van der Waals surface area (Å²) < 4.78 is 39.5. The van der Waals surface area contributed by atoms with Crippen LogP contribution in [0.4, 0.5) is 19.1 Å². The fraction of sp³-hybridized carbons (Fsp3) is 0.381. The van der Waals surface area contributed by atoms with Gasteiger partial charge in [0.15, 0.2) is 0 Å². The number of H-pyrrole nitrogens is 1. The molecule has 2 aromatic heterocycles. The van der Waals surface area contributed by atoms with Crippen LogP contribution in [0.1, 0.15) is 30.9 Å². The zero-order chi connectivity index (χ0) is 21.3. The fourth-order valence-corrected chi connectivity index (χ4v) is 4.00. The lowest BCUT2D eigenvalue weighted by molar-refractivity contribution is -0.137. The standard InChI is InChI=1S/C21H21F3N6/c1-2-30-7-3-4-15(30)11-28-20-27-10-13(9-25)19(29-20)17-12-26-18-6-5-14(8-16(17)18)21(22,23)24/h5-6,8,10,12,15,26H,2-4,7,11H2,1H3,(H,27,28,29). The molecule has 4 rings (SSSR count). The number of nitrogens with one attached hydrogen (secondary N) is 2. The van der Waals surface area contributed by atoms with Crippen LogP contribution in [-0.4, -0.2) is 45.5 Å². The van der Waals surface area contributed by atoms with E-state index in [-0.39, 0.29) is 5.56 Å². The minimum Gasteiger partial charge on any atom is -0.360 e. The second-order valence-corrected chi connectivity index (χ2v) is 7.33. The summed E-state index contributed by atoms with van der Waals surface area (Å²) in [5.74, 6) is 0.355. The molecule has 1 aromatic carbocycles. The summed E-state index contributed by atoms with van der Waals surface area (Å²) in [4.78, 5) is 14.0. The maximum absolute atomic E-state index is 13.2. The predicted molar refractivity (Wildman–Crippen MR) is 108 cm³/mol. The number of benzene rings is 1. The van der Waals surface area contributed by atoms with E-state index in [0.717, 1.165) is 38.1 Å². The molecule has 1 saturated heterocycles. The van der Waals surface area contributed by atoms with Crippen molar-refractivity contribution in [3.8, 4) is 17.3 Å². The van der Waals surface area contributed by atoms with E-state index in [4.69, 9.17) is 0 Å². The average molecular weight is 414 g/mol. The number of rotatable bonds is 5. The molecule has 0 saturated carbocycles. The molecule has 0 spiro atoms. The van der Waals surface area contributed by atoms with Crippen molar-refractivity contribution in [2.75, 3.05) is 25.0 Å². The van der Waals surface area contributed by atoms with E-state index < -0.39 is 11.7 Å². The number of likely N-dealkylation sites (tertiary alicyclic amines) is 1. The van der Waals surface area contributed by atoms with Crippen molar-refractivity contribution >= 4 is 16.9 Å². The first-order valence-electron chi connectivity index (χ1n) is 9.84. The Morgan fingerprint density at radius 2 is 2.20 bits per heavy atom. The van der Waals surface area contributed by atoms with E-state index in [1.807, 2.05) is 6.07 Å². The van der Waals surface area contributed by atoms with E-state index in [2.05, 4.69) is 32.1 Å². The van der Waals surface area contributed by atoms with Crippen LogP contribution in [0.25, 0.3) is 22.2 Å². The second-order valence-electron chi connectivity index (χ2n) is 7.33. The molecule has 0 bridgehead atoms. The first-order valence-corrected chi connectivity index (χ1v) is 9.84. The van der Waals surface area contributed by atoms with Crippen LogP contribution in [-0.2, 0) is 6.18 Å². The van der Waals surface area contributed by atoms with Crippen LogP contribution in [0.3, 0.4) is 0 Å². The van der Waals surface area contributed by atoms with Gasteiger partial charge in [-0.15, -0.1) is 0 Å². The van der Waals surface area contributed by atoms with E-state index >= 15 is 0 Å². The number of hydrogen-bond donors (Lipinski definition) is 2. The highest BCUT2D eigenvalue weighted by Crippen LogP contribution is 2.35. The number of nitrogens with zero attached hydrogens (tertiary/aromatic N) is 4. The molecule has 1 unspecified atom stereocenters. The zero-order valence-corrected chi connectivity index (χ0v) is 16.4. The Hall–Kier alpha value is -3.12. The van der Waals surface area contributed by atoms with E-state index in [9.17, 15) is 18.4 Å². The summed E-state index contributed by atoms with van der Waals surface area (Å²) in [6.45, 7) is 4.84. The van der Waals surface area contributed by atoms with Gasteiger partial charge >= 0.3 is 6.18 Å². The van der Waals surface area contributed by atoms with Gasteiger partial charge in [0.1, 0.15) is 6.07 Å². The highest BCUT2D eigenvalue weighted by Gasteiger charge is 2.31. The third-order valence-electron chi connectivity index (χ3n) is 5.57. The third-order valence-corrected chi connectivity index (χ3v) is 5.57. The Labute approximate surface area is 171 Å². The Morgan fingerprint density at radius 3 is 2.93 bits per heavy atom. The SMILES string of the molecule is CCN1CCCC1CNc1ncc(C#N)c(-c2c[nH]c3ccc(C(F)(F)F)cc23)n1. The Balaban J connectivity index is 1.68. The van der Waals surface area contributed by atoms with Crippen molar-refractivity contribution in [1.82, 2.24) is 19.9 Å². The van der Waals surface area contributed by atoms with E-state index in [1.165, 1.54) is 12.3 Å². The van der Waals surface area contributed by atoms with Gasteiger partial charge in [0.05, 0.1) is 23.0 Å². The summed E-state index contributed by atoms with van der Waals surface area (Å²) in [5, 5.41) is 13.1. The lowest BCUT2D eigenvalue weighted by Gasteiger charge is -2.22. The third kappa shape index (κ3) is 3.83. The molecule has 30 heavy (non-hydrogen) atoms. The smallest absolute Gasteiger partial charge is 0.360 e. The van der Waals surface area contributed by atoms with Crippen molar-refractivity contribution in [3.05, 3.63) is 41.7 Å². The molecule has 0 amide bonds. The molecular formula is C21H21F3N6. The van der Waals surface area contributed by atoms with Crippen LogP contribution in [0.2, 0.25) is 0 Å². The van der Waals surface area contributed by atoms with Crippen molar-refractivity contribution in [2.45, 2.75) is 32.0 Å². The van der Waals surface area contributed by atoms with Crippen molar-refractivity contribution in [3.63, 3.8) is 0 Å². The average Bonchev–Trinajstić information content (AvgIpc) is 3.37. The normalized spacial score (nSPS) is 17.4. The van der Waals surface area contributed by atoms with Crippen molar-refractivity contribution in [2.24, 2.45) is 0 Å². The predicted octanol–water partition coefficient (Wildman–Crippen LogP) is 4.41. The van der Waals surface area contributed by atoms with Crippen LogP contribution in [0, 0.1) is 11.3 Å². The van der Waals surface area contributed by atoms with Crippen molar-refractivity contribution in [1.29, 1.82) is 5.26 Å². The Bertz CT molecular complexity index is 1100. The first kappa shape index (κ1) is 20.2.